The number of pyridine rings is 1. The van der Waals surface area contributed by atoms with Crippen molar-refractivity contribution in [1.29, 1.82) is 0 Å². The molecule has 0 saturated carbocycles. The first-order valence-corrected chi connectivity index (χ1v) is 12.1. The predicted molar refractivity (Wildman–Crippen MR) is 126 cm³/mol. The maximum absolute atomic E-state index is 15.2. The Labute approximate surface area is 194 Å². The number of halogens is 2. The van der Waals surface area contributed by atoms with E-state index in [1.54, 1.807) is 31.2 Å². The van der Waals surface area contributed by atoms with E-state index >= 15 is 4.39 Å². The van der Waals surface area contributed by atoms with Gasteiger partial charge in [-0.1, -0.05) is 12.1 Å². The Balaban J connectivity index is 1.48. The van der Waals surface area contributed by atoms with Gasteiger partial charge >= 0.3 is 5.63 Å². The molecule has 3 heterocycles. The van der Waals surface area contributed by atoms with Crippen molar-refractivity contribution in [3.05, 3.63) is 93.5 Å². The quantitative estimate of drug-likeness (QED) is 0.352. The second kappa shape index (κ2) is 8.39. The molecule has 7 nitrogen and oxygen atoms in total. The van der Waals surface area contributed by atoms with E-state index in [1.165, 1.54) is 34.8 Å². The van der Waals surface area contributed by atoms with Crippen LogP contribution in [0.15, 0.2) is 63.9 Å². The molecule has 1 aliphatic heterocycles. The van der Waals surface area contributed by atoms with Gasteiger partial charge in [0.05, 0.1) is 18.0 Å². The van der Waals surface area contributed by atoms with Gasteiger partial charge in [-0.3, -0.25) is 13.4 Å². The lowest BCUT2D eigenvalue weighted by atomic mass is 9.99. The predicted octanol–water partition coefficient (Wildman–Crippen LogP) is 5.64. The normalized spacial score (nSPS) is 15.7. The maximum atomic E-state index is 15.2. The second-order valence-electron chi connectivity index (χ2n) is 7.91. The van der Waals surface area contributed by atoms with Crippen LogP contribution < -0.4 is 14.7 Å². The van der Waals surface area contributed by atoms with E-state index in [2.05, 4.69) is 4.98 Å². The summed E-state index contributed by atoms with van der Waals surface area (Å²) in [5.74, 6) is -0.996. The fourth-order valence-corrected chi connectivity index (χ4v) is 5.06. The van der Waals surface area contributed by atoms with Crippen LogP contribution in [0.2, 0.25) is 0 Å². The highest BCUT2D eigenvalue weighted by Crippen LogP contribution is 2.53. The monoisotopic (exact) mass is 486 g/mol. The topological polar surface area (TPSA) is 96.0 Å². The molecular formula is C24H20F2N2O5S. The van der Waals surface area contributed by atoms with Crippen molar-refractivity contribution in [3.8, 4) is 11.6 Å². The van der Waals surface area contributed by atoms with Gasteiger partial charge in [0.25, 0.3) is 5.88 Å². The highest BCUT2D eigenvalue weighted by Gasteiger charge is 2.35. The number of anilines is 1. The van der Waals surface area contributed by atoms with Crippen molar-refractivity contribution in [2.45, 2.75) is 13.3 Å². The molecule has 0 amide bonds. The molecule has 1 aliphatic rings. The molecule has 0 radical (unpaired) electrons. The third-order valence-electron chi connectivity index (χ3n) is 5.81. The van der Waals surface area contributed by atoms with Crippen molar-refractivity contribution in [3.63, 3.8) is 0 Å². The SMILES string of the molecule is Cc1c(Cc2cccc(N3CCS3(O)O)c2F)c(=O)oc2cc(Oc3ncccc3F)ccc12. The maximum Gasteiger partial charge on any atom is 0.340 e. The van der Waals surface area contributed by atoms with E-state index in [9.17, 15) is 18.3 Å². The average molecular weight is 486 g/mol. The van der Waals surface area contributed by atoms with Crippen molar-refractivity contribution in [1.82, 2.24) is 4.98 Å². The zero-order chi connectivity index (χ0) is 24.0. The van der Waals surface area contributed by atoms with Gasteiger partial charge in [-0.2, -0.15) is 0 Å². The zero-order valence-electron chi connectivity index (χ0n) is 18.0. The minimum absolute atomic E-state index is 0.0335. The molecule has 2 aromatic carbocycles. The number of benzene rings is 2. The van der Waals surface area contributed by atoms with Crippen LogP contribution in [0.4, 0.5) is 14.5 Å². The average Bonchev–Trinajstić information content (AvgIpc) is 2.79. The Morgan fingerprint density at radius 2 is 2.00 bits per heavy atom. The first kappa shape index (κ1) is 22.3. The molecule has 0 bridgehead atoms. The van der Waals surface area contributed by atoms with Crippen molar-refractivity contribution < 1.29 is 27.0 Å². The summed E-state index contributed by atoms with van der Waals surface area (Å²) in [5, 5.41) is 0.622. The van der Waals surface area contributed by atoms with Crippen LogP contribution in [-0.2, 0) is 6.42 Å². The first-order valence-electron chi connectivity index (χ1n) is 10.4. The Kier molecular flexibility index (Phi) is 5.51. The van der Waals surface area contributed by atoms with Gasteiger partial charge in [-0.05, 0) is 48.4 Å². The van der Waals surface area contributed by atoms with E-state index in [4.69, 9.17) is 9.15 Å². The van der Waals surface area contributed by atoms with Gasteiger partial charge < -0.3 is 9.15 Å². The van der Waals surface area contributed by atoms with E-state index in [-0.39, 0.29) is 46.2 Å². The molecule has 0 unspecified atom stereocenters. The van der Waals surface area contributed by atoms with Crippen LogP contribution in [-0.4, -0.2) is 26.4 Å². The Morgan fingerprint density at radius 3 is 2.71 bits per heavy atom. The summed E-state index contributed by atoms with van der Waals surface area (Å²) in [4.78, 5) is 16.6. The number of nitrogens with zero attached hydrogens (tertiary/aromatic N) is 2. The zero-order valence-corrected chi connectivity index (χ0v) is 18.8. The number of aryl methyl sites for hydroxylation is 1. The molecule has 1 fully saturated rings. The van der Waals surface area contributed by atoms with Crippen molar-refractivity contribution in [2.24, 2.45) is 0 Å². The van der Waals surface area contributed by atoms with E-state index in [0.717, 1.165) is 0 Å². The molecule has 176 valence electrons. The van der Waals surface area contributed by atoms with Gasteiger partial charge in [0.1, 0.15) is 11.3 Å². The largest absolute Gasteiger partial charge is 0.436 e. The molecule has 2 N–H and O–H groups in total. The molecular weight excluding hydrogens is 466 g/mol. The smallest absolute Gasteiger partial charge is 0.340 e. The molecule has 0 spiro atoms. The lowest BCUT2D eigenvalue weighted by Crippen LogP contribution is -2.44. The van der Waals surface area contributed by atoms with Crippen molar-refractivity contribution >= 4 is 27.4 Å². The van der Waals surface area contributed by atoms with Gasteiger partial charge in [-0.25, -0.2) is 18.6 Å². The molecule has 0 atom stereocenters. The summed E-state index contributed by atoms with van der Waals surface area (Å²) >= 11 is 0. The lowest BCUT2D eigenvalue weighted by molar-refractivity contribution is 0.422. The highest BCUT2D eigenvalue weighted by atomic mass is 32.3. The van der Waals surface area contributed by atoms with Crippen LogP contribution in [0.3, 0.4) is 0 Å². The lowest BCUT2D eigenvalue weighted by Gasteiger charge is -2.53. The fourth-order valence-electron chi connectivity index (χ4n) is 3.91. The van der Waals surface area contributed by atoms with Crippen molar-refractivity contribution in [2.75, 3.05) is 16.6 Å². The Hall–Kier alpha value is -3.47. The standard InChI is InChI=1S/C24H20F2N2O5S/c1-14-17-8-7-16(32-23-19(25)5-3-9-27-23)13-21(17)33-24(29)18(14)12-15-4-2-6-20(22(15)26)28-10-11-34(28,30)31/h2-9,13,30-31H,10-12H2,1H3. The Morgan fingerprint density at radius 1 is 1.18 bits per heavy atom. The summed E-state index contributed by atoms with van der Waals surface area (Å²) in [5.41, 5.74) is 0.825. The first-order chi connectivity index (χ1) is 16.2. The minimum atomic E-state index is -2.99. The third kappa shape index (κ3) is 3.89. The minimum Gasteiger partial charge on any atom is -0.436 e. The third-order valence-corrected chi connectivity index (χ3v) is 7.63. The summed E-state index contributed by atoms with van der Waals surface area (Å²) in [6.45, 7) is 2.08. The number of aromatic nitrogens is 1. The van der Waals surface area contributed by atoms with E-state index in [0.29, 0.717) is 17.5 Å². The van der Waals surface area contributed by atoms with Gasteiger partial charge in [-0.15, -0.1) is 10.8 Å². The number of ether oxygens (including phenoxy) is 1. The summed E-state index contributed by atoms with van der Waals surface area (Å²) in [6, 6.07) is 12.0. The summed E-state index contributed by atoms with van der Waals surface area (Å²) < 4.78 is 61.2. The fraction of sp³-hybridized carbons (Fsp3) is 0.167. The van der Waals surface area contributed by atoms with Gasteiger partial charge in [0, 0.05) is 29.6 Å². The van der Waals surface area contributed by atoms with Gasteiger partial charge in [0.15, 0.2) is 11.6 Å². The van der Waals surface area contributed by atoms with Crippen LogP contribution >= 0.6 is 10.8 Å². The number of hydrogen-bond donors (Lipinski definition) is 2. The molecule has 4 aromatic rings. The molecule has 0 aliphatic carbocycles. The molecule has 2 aromatic heterocycles. The van der Waals surface area contributed by atoms with Crippen LogP contribution in [0.1, 0.15) is 16.7 Å². The second-order valence-corrected chi connectivity index (χ2v) is 10.0. The molecule has 34 heavy (non-hydrogen) atoms. The summed E-state index contributed by atoms with van der Waals surface area (Å²) in [7, 11) is -2.99. The van der Waals surface area contributed by atoms with Crippen LogP contribution in [0.25, 0.3) is 11.0 Å². The molecule has 5 rings (SSSR count). The number of hydrogen-bond acceptors (Lipinski definition) is 7. The number of fused-ring (bicyclic) bond motifs is 1. The molecule has 1 saturated heterocycles. The van der Waals surface area contributed by atoms with Crippen LogP contribution in [0.5, 0.6) is 11.6 Å². The summed E-state index contributed by atoms with van der Waals surface area (Å²) in [6.07, 6.45) is 1.36. The van der Waals surface area contributed by atoms with Crippen LogP contribution in [0, 0.1) is 18.6 Å². The molecule has 10 heteroatoms. The highest BCUT2D eigenvalue weighted by molar-refractivity contribution is 8.26. The van der Waals surface area contributed by atoms with E-state index < -0.39 is 28.0 Å². The Bertz CT molecular complexity index is 1470. The van der Waals surface area contributed by atoms with E-state index in [1.807, 2.05) is 0 Å². The van der Waals surface area contributed by atoms with Gasteiger partial charge in [0.2, 0.25) is 0 Å². The number of rotatable bonds is 5.